The van der Waals surface area contributed by atoms with Crippen LogP contribution < -0.4 is 5.32 Å². The molecule has 2 N–H and O–H groups in total. The van der Waals surface area contributed by atoms with Gasteiger partial charge < -0.3 is 10.2 Å². The molecule has 0 saturated heterocycles. The van der Waals surface area contributed by atoms with Crippen molar-refractivity contribution in [3.63, 3.8) is 0 Å². The number of rotatable bonds is 6. The van der Waals surface area contributed by atoms with E-state index in [2.05, 4.69) is 63.9 Å². The van der Waals surface area contributed by atoms with Gasteiger partial charge in [0.1, 0.15) is 0 Å². The summed E-state index contributed by atoms with van der Waals surface area (Å²) in [6.45, 7) is 1.56. The molecule has 28 heavy (non-hydrogen) atoms. The number of nitrogens with one attached hydrogen (secondary N) is 2. The molecular weight excluding hydrogens is 352 g/mol. The first kappa shape index (κ1) is 17.9. The van der Waals surface area contributed by atoms with E-state index in [1.807, 2.05) is 30.5 Å². The molecule has 4 aromatic rings. The van der Waals surface area contributed by atoms with Gasteiger partial charge in [0.25, 0.3) is 5.91 Å². The molecule has 4 rings (SSSR count). The molecule has 0 aliphatic carbocycles. The van der Waals surface area contributed by atoms with Crippen LogP contribution in [0.25, 0.3) is 10.9 Å². The number of nitrogens with zero attached hydrogens (tertiary/aromatic N) is 4. The highest BCUT2D eigenvalue weighted by molar-refractivity contribution is 6.10. The standard InChI is InChI=1S/C21H22N6O/c1-26(2)12-15-7-9-16(10-8-15)13-27-14-17(11-22-27)23-21(28)20-18-5-3-4-6-19(18)24-25-20/h3-11,14H,12-13H2,1-2H3,(H,23,28)(H,24,25). The van der Waals surface area contributed by atoms with Crippen LogP contribution in [-0.4, -0.2) is 44.9 Å². The van der Waals surface area contributed by atoms with Crippen LogP contribution in [0, 0.1) is 0 Å². The molecule has 0 radical (unpaired) electrons. The van der Waals surface area contributed by atoms with E-state index in [1.165, 1.54) is 5.56 Å². The average Bonchev–Trinajstić information content (AvgIpc) is 3.29. The molecular formula is C21H22N6O. The number of hydrogen-bond acceptors (Lipinski definition) is 4. The van der Waals surface area contributed by atoms with Crippen LogP contribution >= 0.6 is 0 Å². The monoisotopic (exact) mass is 374 g/mol. The van der Waals surface area contributed by atoms with E-state index in [9.17, 15) is 4.79 Å². The molecule has 0 unspecified atom stereocenters. The van der Waals surface area contributed by atoms with Crippen molar-refractivity contribution in [3.8, 4) is 0 Å². The number of fused-ring (bicyclic) bond motifs is 1. The van der Waals surface area contributed by atoms with Gasteiger partial charge in [-0.2, -0.15) is 10.2 Å². The number of benzene rings is 2. The van der Waals surface area contributed by atoms with E-state index < -0.39 is 0 Å². The summed E-state index contributed by atoms with van der Waals surface area (Å²) in [5, 5.41) is 15.0. The summed E-state index contributed by atoms with van der Waals surface area (Å²) in [6.07, 6.45) is 3.47. The van der Waals surface area contributed by atoms with Crippen LogP contribution in [-0.2, 0) is 13.1 Å². The molecule has 0 spiro atoms. The van der Waals surface area contributed by atoms with E-state index in [1.54, 1.807) is 10.9 Å². The zero-order valence-corrected chi connectivity index (χ0v) is 15.9. The molecule has 1 amide bonds. The van der Waals surface area contributed by atoms with Crippen molar-refractivity contribution in [1.82, 2.24) is 24.9 Å². The maximum absolute atomic E-state index is 12.5. The lowest BCUT2D eigenvalue weighted by Crippen LogP contribution is -2.12. The first-order chi connectivity index (χ1) is 13.6. The van der Waals surface area contributed by atoms with Gasteiger partial charge in [-0.3, -0.25) is 14.6 Å². The Kier molecular flexibility index (Phi) is 4.90. The fourth-order valence-electron chi connectivity index (χ4n) is 3.14. The van der Waals surface area contributed by atoms with Crippen molar-refractivity contribution >= 4 is 22.5 Å². The number of amides is 1. The first-order valence-corrected chi connectivity index (χ1v) is 9.08. The lowest BCUT2D eigenvalue weighted by molar-refractivity contribution is 0.102. The zero-order valence-electron chi connectivity index (χ0n) is 15.9. The topological polar surface area (TPSA) is 78.8 Å². The van der Waals surface area contributed by atoms with Crippen LogP contribution in [0.3, 0.4) is 0 Å². The number of anilines is 1. The van der Waals surface area contributed by atoms with Gasteiger partial charge in [-0.1, -0.05) is 42.5 Å². The summed E-state index contributed by atoms with van der Waals surface area (Å²) in [6, 6.07) is 16.0. The molecule has 7 nitrogen and oxygen atoms in total. The smallest absolute Gasteiger partial charge is 0.276 e. The molecule has 0 bridgehead atoms. The van der Waals surface area contributed by atoms with E-state index >= 15 is 0 Å². The predicted octanol–water partition coefficient (Wildman–Crippen LogP) is 3.12. The van der Waals surface area contributed by atoms with Gasteiger partial charge in [-0.25, -0.2) is 0 Å². The summed E-state index contributed by atoms with van der Waals surface area (Å²) in [5.74, 6) is -0.259. The second-order valence-electron chi connectivity index (χ2n) is 7.05. The van der Waals surface area contributed by atoms with Crippen molar-refractivity contribution < 1.29 is 4.79 Å². The van der Waals surface area contributed by atoms with Gasteiger partial charge >= 0.3 is 0 Å². The lowest BCUT2D eigenvalue weighted by Gasteiger charge is -2.10. The largest absolute Gasteiger partial charge is 0.318 e. The van der Waals surface area contributed by atoms with Gasteiger partial charge in [-0.15, -0.1) is 0 Å². The third-order valence-corrected chi connectivity index (χ3v) is 4.44. The van der Waals surface area contributed by atoms with E-state index in [4.69, 9.17) is 0 Å². The number of carbonyl (C=O) groups excluding carboxylic acids is 1. The molecule has 2 aromatic carbocycles. The Bertz CT molecular complexity index is 1090. The third kappa shape index (κ3) is 3.94. The number of aromatic amines is 1. The average molecular weight is 374 g/mol. The number of aromatic nitrogens is 4. The second-order valence-corrected chi connectivity index (χ2v) is 7.05. The summed E-state index contributed by atoms with van der Waals surface area (Å²) in [4.78, 5) is 14.7. The highest BCUT2D eigenvalue weighted by Crippen LogP contribution is 2.17. The number of para-hydroxylation sites is 1. The maximum Gasteiger partial charge on any atom is 0.276 e. The van der Waals surface area contributed by atoms with Crippen LogP contribution in [0.5, 0.6) is 0 Å². The molecule has 7 heteroatoms. The normalized spacial score (nSPS) is 11.2. The molecule has 2 aromatic heterocycles. The van der Waals surface area contributed by atoms with E-state index in [-0.39, 0.29) is 5.91 Å². The van der Waals surface area contributed by atoms with Crippen molar-refractivity contribution in [1.29, 1.82) is 0 Å². The Morgan fingerprint density at radius 1 is 1.11 bits per heavy atom. The maximum atomic E-state index is 12.5. The number of H-pyrrole nitrogens is 1. The minimum Gasteiger partial charge on any atom is -0.318 e. The highest BCUT2D eigenvalue weighted by Gasteiger charge is 2.14. The Hall–Kier alpha value is -3.45. The molecule has 0 aliphatic heterocycles. The summed E-state index contributed by atoms with van der Waals surface area (Å²) in [5.41, 5.74) is 4.28. The molecule has 142 valence electrons. The summed E-state index contributed by atoms with van der Waals surface area (Å²) < 4.78 is 1.80. The zero-order chi connectivity index (χ0) is 19.5. The summed E-state index contributed by atoms with van der Waals surface area (Å²) >= 11 is 0. The first-order valence-electron chi connectivity index (χ1n) is 9.08. The SMILES string of the molecule is CN(C)Cc1ccc(Cn2cc(NC(=O)c3n[nH]c4ccccc34)cn2)cc1. The van der Waals surface area contributed by atoms with Crippen molar-refractivity contribution in [2.75, 3.05) is 19.4 Å². The summed E-state index contributed by atoms with van der Waals surface area (Å²) in [7, 11) is 4.11. The highest BCUT2D eigenvalue weighted by atomic mass is 16.2. The number of hydrogen-bond donors (Lipinski definition) is 2. The predicted molar refractivity (Wildman–Crippen MR) is 109 cm³/mol. The third-order valence-electron chi connectivity index (χ3n) is 4.44. The lowest BCUT2D eigenvalue weighted by atomic mass is 10.1. The molecule has 0 fully saturated rings. The van der Waals surface area contributed by atoms with Crippen LogP contribution in [0.4, 0.5) is 5.69 Å². The van der Waals surface area contributed by atoms with Crippen molar-refractivity contribution in [2.45, 2.75) is 13.1 Å². The Balaban J connectivity index is 1.42. The molecule has 0 saturated carbocycles. The quantitative estimate of drug-likeness (QED) is 0.543. The van der Waals surface area contributed by atoms with E-state index in [0.29, 0.717) is 17.9 Å². The van der Waals surface area contributed by atoms with Crippen LogP contribution in [0.2, 0.25) is 0 Å². The van der Waals surface area contributed by atoms with Crippen LogP contribution in [0.15, 0.2) is 60.9 Å². The Morgan fingerprint density at radius 2 is 1.86 bits per heavy atom. The van der Waals surface area contributed by atoms with Gasteiger partial charge in [-0.05, 0) is 31.3 Å². The van der Waals surface area contributed by atoms with Gasteiger partial charge in [0.15, 0.2) is 5.69 Å². The Morgan fingerprint density at radius 3 is 2.64 bits per heavy atom. The van der Waals surface area contributed by atoms with Gasteiger partial charge in [0, 0.05) is 18.1 Å². The van der Waals surface area contributed by atoms with Crippen LogP contribution in [0.1, 0.15) is 21.6 Å². The molecule has 2 heterocycles. The second kappa shape index (κ2) is 7.66. The number of carbonyl (C=O) groups is 1. The minimum absolute atomic E-state index is 0.259. The van der Waals surface area contributed by atoms with Gasteiger partial charge in [0.05, 0.1) is 23.9 Å². The van der Waals surface area contributed by atoms with Gasteiger partial charge in [0.2, 0.25) is 0 Å². The molecule has 0 aliphatic rings. The van der Waals surface area contributed by atoms with Crippen molar-refractivity contribution in [3.05, 3.63) is 77.7 Å². The molecule has 0 atom stereocenters. The van der Waals surface area contributed by atoms with Crippen molar-refractivity contribution in [2.24, 2.45) is 0 Å². The van der Waals surface area contributed by atoms with E-state index in [0.717, 1.165) is 23.0 Å². The fraction of sp³-hybridized carbons (Fsp3) is 0.190. The minimum atomic E-state index is -0.259. The Labute approximate surface area is 163 Å². The fourth-order valence-corrected chi connectivity index (χ4v) is 3.14.